The van der Waals surface area contributed by atoms with Gasteiger partial charge in [-0.3, -0.25) is 20.3 Å². The zero-order chi connectivity index (χ0) is 27.5. The standard InChI is InChI=1S/C29H34N4O5/c1-19(22-11-8-12-23(18-22)36-2)31-28(35)24(15-20-9-6-5-7-10-20)32-29(30)33-27(34)17-21-13-14-25(37-3)26(16-21)38-4/h5-14,16,18-19,24H,15,17H2,1-4H3,(H,31,35)(H3,30,32,33,34)/t19-,24+/m0/s1. The number of carbonyl (C=O) groups is 2. The third kappa shape index (κ3) is 7.99. The molecule has 0 radical (unpaired) electrons. The summed E-state index contributed by atoms with van der Waals surface area (Å²) < 4.78 is 15.8. The summed E-state index contributed by atoms with van der Waals surface area (Å²) in [4.78, 5) is 25.9. The number of rotatable bonds is 11. The fourth-order valence-corrected chi connectivity index (χ4v) is 3.94. The van der Waals surface area contributed by atoms with Crippen LogP contribution in [-0.4, -0.2) is 45.1 Å². The van der Waals surface area contributed by atoms with E-state index in [2.05, 4.69) is 16.0 Å². The highest BCUT2D eigenvalue weighted by molar-refractivity contribution is 5.98. The van der Waals surface area contributed by atoms with Gasteiger partial charge in [-0.2, -0.15) is 0 Å². The van der Waals surface area contributed by atoms with Gasteiger partial charge in [-0.15, -0.1) is 0 Å². The highest BCUT2D eigenvalue weighted by Gasteiger charge is 2.23. The zero-order valence-corrected chi connectivity index (χ0v) is 22.0. The topological polar surface area (TPSA) is 122 Å². The van der Waals surface area contributed by atoms with Crippen molar-refractivity contribution in [2.75, 3.05) is 21.3 Å². The first kappa shape index (κ1) is 28.0. The lowest BCUT2D eigenvalue weighted by Crippen LogP contribution is -2.53. The Bertz CT molecular complexity index is 1250. The molecule has 0 saturated heterocycles. The van der Waals surface area contributed by atoms with Gasteiger partial charge >= 0.3 is 0 Å². The minimum absolute atomic E-state index is 0.0207. The van der Waals surface area contributed by atoms with E-state index in [1.54, 1.807) is 25.3 Å². The van der Waals surface area contributed by atoms with Crippen molar-refractivity contribution in [3.8, 4) is 17.2 Å². The van der Waals surface area contributed by atoms with Crippen molar-refractivity contribution in [2.45, 2.75) is 31.8 Å². The first-order valence-corrected chi connectivity index (χ1v) is 12.2. The number of hydrogen-bond acceptors (Lipinski definition) is 6. The van der Waals surface area contributed by atoms with Gasteiger partial charge in [-0.05, 0) is 47.9 Å². The first-order chi connectivity index (χ1) is 18.3. The Morgan fingerprint density at radius 1 is 0.816 bits per heavy atom. The van der Waals surface area contributed by atoms with E-state index in [4.69, 9.17) is 19.6 Å². The lowest BCUT2D eigenvalue weighted by molar-refractivity contribution is -0.123. The number of ether oxygens (including phenoxy) is 3. The Balaban J connectivity index is 1.67. The van der Waals surface area contributed by atoms with Crippen LogP contribution in [-0.2, 0) is 22.4 Å². The van der Waals surface area contributed by atoms with Crippen LogP contribution in [0.25, 0.3) is 0 Å². The normalized spacial score (nSPS) is 12.0. The molecule has 9 nitrogen and oxygen atoms in total. The molecule has 2 amide bonds. The maximum Gasteiger partial charge on any atom is 0.243 e. The molecule has 0 bridgehead atoms. The summed E-state index contributed by atoms with van der Waals surface area (Å²) >= 11 is 0. The molecule has 9 heteroatoms. The molecular formula is C29H34N4O5. The van der Waals surface area contributed by atoms with Crippen molar-refractivity contribution in [3.63, 3.8) is 0 Å². The molecule has 0 fully saturated rings. The second-order valence-electron chi connectivity index (χ2n) is 8.68. The van der Waals surface area contributed by atoms with Gasteiger partial charge < -0.3 is 24.8 Å². The van der Waals surface area contributed by atoms with Crippen LogP contribution in [0.2, 0.25) is 0 Å². The molecule has 38 heavy (non-hydrogen) atoms. The molecule has 2 atom stereocenters. The van der Waals surface area contributed by atoms with Crippen LogP contribution >= 0.6 is 0 Å². The van der Waals surface area contributed by atoms with Crippen molar-refractivity contribution >= 4 is 17.8 Å². The SMILES string of the molecule is COc1cccc([C@H](C)NC(=O)[C@@H](Cc2ccccc2)NC(=N)NC(=O)Cc2ccc(OC)c(OC)c2)c1. The van der Waals surface area contributed by atoms with Crippen LogP contribution in [0.4, 0.5) is 0 Å². The van der Waals surface area contributed by atoms with E-state index in [0.717, 1.165) is 11.1 Å². The quantitative estimate of drug-likeness (QED) is 0.228. The fourth-order valence-electron chi connectivity index (χ4n) is 3.94. The first-order valence-electron chi connectivity index (χ1n) is 12.2. The van der Waals surface area contributed by atoms with Crippen molar-refractivity contribution in [3.05, 3.63) is 89.5 Å². The highest BCUT2D eigenvalue weighted by atomic mass is 16.5. The Morgan fingerprint density at radius 2 is 1.55 bits per heavy atom. The van der Waals surface area contributed by atoms with Crippen LogP contribution in [0, 0.1) is 5.41 Å². The Morgan fingerprint density at radius 3 is 2.24 bits per heavy atom. The molecular weight excluding hydrogens is 484 g/mol. The summed E-state index contributed by atoms with van der Waals surface area (Å²) in [7, 11) is 4.65. The van der Waals surface area contributed by atoms with Gasteiger partial charge in [0.05, 0.1) is 33.8 Å². The predicted molar refractivity (Wildman–Crippen MR) is 146 cm³/mol. The molecule has 0 aromatic heterocycles. The molecule has 200 valence electrons. The Labute approximate surface area is 223 Å². The molecule has 0 spiro atoms. The molecule has 4 N–H and O–H groups in total. The van der Waals surface area contributed by atoms with Crippen LogP contribution in [0.1, 0.15) is 29.7 Å². The van der Waals surface area contributed by atoms with E-state index >= 15 is 0 Å². The average Bonchev–Trinajstić information content (AvgIpc) is 2.92. The van der Waals surface area contributed by atoms with Crippen molar-refractivity contribution < 1.29 is 23.8 Å². The fraction of sp³-hybridized carbons (Fsp3) is 0.276. The van der Waals surface area contributed by atoms with E-state index < -0.39 is 11.9 Å². The number of benzene rings is 3. The number of hydrogen-bond donors (Lipinski definition) is 4. The molecule has 0 aliphatic carbocycles. The van der Waals surface area contributed by atoms with E-state index in [9.17, 15) is 9.59 Å². The van der Waals surface area contributed by atoms with Gasteiger partial charge in [-0.25, -0.2) is 0 Å². The van der Waals surface area contributed by atoms with Crippen molar-refractivity contribution in [2.24, 2.45) is 0 Å². The van der Waals surface area contributed by atoms with Crippen LogP contribution < -0.4 is 30.2 Å². The van der Waals surface area contributed by atoms with E-state index in [0.29, 0.717) is 29.2 Å². The van der Waals surface area contributed by atoms with Gasteiger partial charge in [0.2, 0.25) is 11.8 Å². The zero-order valence-electron chi connectivity index (χ0n) is 22.0. The number of guanidine groups is 1. The van der Waals surface area contributed by atoms with E-state index in [1.807, 2.05) is 61.5 Å². The smallest absolute Gasteiger partial charge is 0.243 e. The summed E-state index contributed by atoms with van der Waals surface area (Å²) in [6.45, 7) is 1.88. The third-order valence-corrected chi connectivity index (χ3v) is 5.95. The minimum Gasteiger partial charge on any atom is -0.497 e. The highest BCUT2D eigenvalue weighted by Crippen LogP contribution is 2.27. The second kappa shape index (κ2) is 13.7. The monoisotopic (exact) mass is 518 g/mol. The molecule has 3 aromatic rings. The van der Waals surface area contributed by atoms with Gasteiger partial charge in [0.1, 0.15) is 11.8 Å². The predicted octanol–water partition coefficient (Wildman–Crippen LogP) is 3.38. The summed E-state index contributed by atoms with van der Waals surface area (Å²) in [6.07, 6.45) is 0.346. The lowest BCUT2D eigenvalue weighted by Gasteiger charge is -2.23. The van der Waals surface area contributed by atoms with Gasteiger partial charge in [0.25, 0.3) is 0 Å². The van der Waals surface area contributed by atoms with Crippen molar-refractivity contribution in [1.29, 1.82) is 5.41 Å². The molecule has 0 heterocycles. The molecule has 0 unspecified atom stereocenters. The molecule has 3 rings (SSSR count). The summed E-state index contributed by atoms with van der Waals surface area (Å²) in [5.74, 6) is 0.795. The van der Waals surface area contributed by atoms with E-state index in [1.165, 1.54) is 14.2 Å². The third-order valence-electron chi connectivity index (χ3n) is 5.95. The summed E-state index contributed by atoms with van der Waals surface area (Å²) in [5.41, 5.74) is 2.49. The van der Waals surface area contributed by atoms with E-state index in [-0.39, 0.29) is 24.3 Å². The number of nitrogens with one attached hydrogen (secondary N) is 4. The summed E-state index contributed by atoms with van der Waals surface area (Å²) in [6, 6.07) is 21.0. The van der Waals surface area contributed by atoms with Gasteiger partial charge in [0.15, 0.2) is 17.5 Å². The Hall–Kier alpha value is -4.53. The largest absolute Gasteiger partial charge is 0.497 e. The maximum absolute atomic E-state index is 13.3. The Kier molecular flexibility index (Phi) is 10.1. The molecule has 3 aromatic carbocycles. The van der Waals surface area contributed by atoms with Crippen LogP contribution in [0.3, 0.4) is 0 Å². The number of carbonyl (C=O) groups excluding carboxylic acids is 2. The average molecular weight is 519 g/mol. The second-order valence-corrected chi connectivity index (χ2v) is 8.68. The summed E-state index contributed by atoms with van der Waals surface area (Å²) in [5, 5.41) is 16.7. The number of methoxy groups -OCH3 is 3. The van der Waals surface area contributed by atoms with Gasteiger partial charge in [-0.1, -0.05) is 48.5 Å². The van der Waals surface area contributed by atoms with Crippen LogP contribution in [0.15, 0.2) is 72.8 Å². The lowest BCUT2D eigenvalue weighted by atomic mass is 10.0. The molecule has 0 aliphatic rings. The van der Waals surface area contributed by atoms with Crippen LogP contribution in [0.5, 0.6) is 17.2 Å². The molecule has 0 aliphatic heterocycles. The van der Waals surface area contributed by atoms with Crippen molar-refractivity contribution in [1.82, 2.24) is 16.0 Å². The van der Waals surface area contributed by atoms with Gasteiger partial charge in [0, 0.05) is 6.42 Å². The minimum atomic E-state index is -0.792. The maximum atomic E-state index is 13.3. The number of amides is 2. The molecule has 0 saturated carbocycles.